The summed E-state index contributed by atoms with van der Waals surface area (Å²) in [6, 6.07) is 4.88. The van der Waals surface area contributed by atoms with E-state index in [2.05, 4.69) is 5.32 Å². The highest BCUT2D eigenvalue weighted by Gasteiger charge is 2.32. The second-order valence-corrected chi connectivity index (χ2v) is 5.33. The largest absolute Gasteiger partial charge is 0.496 e. The lowest BCUT2D eigenvalue weighted by Gasteiger charge is -2.31. The molecule has 110 valence electrons. The number of amides is 1. The maximum atomic E-state index is 12.4. The molecule has 1 amide bonds. The summed E-state index contributed by atoms with van der Waals surface area (Å²) in [5, 5.41) is 3.37. The molecule has 0 spiro atoms. The summed E-state index contributed by atoms with van der Waals surface area (Å²) in [5.74, 6) is 0.150. The van der Waals surface area contributed by atoms with Crippen LogP contribution in [0, 0.1) is 0 Å². The Hall–Kier alpha value is -1.33. The third-order valence-corrected chi connectivity index (χ3v) is 4.06. The van der Waals surface area contributed by atoms with Crippen molar-refractivity contribution in [1.82, 2.24) is 5.32 Å². The van der Waals surface area contributed by atoms with Gasteiger partial charge in [-0.1, -0.05) is 37.7 Å². The highest BCUT2D eigenvalue weighted by atomic mass is 35.5. The van der Waals surface area contributed by atoms with Crippen LogP contribution in [0.5, 0.6) is 5.75 Å². The Bertz CT molecular complexity index is 516. The Balaban J connectivity index is 3.12. The number of hydrogen-bond acceptors (Lipinski definition) is 3. The van der Waals surface area contributed by atoms with E-state index in [1.54, 1.807) is 18.2 Å². The Labute approximate surface area is 129 Å². The monoisotopic (exact) mass is 314 g/mol. The van der Waals surface area contributed by atoms with Crippen LogP contribution in [0.3, 0.4) is 0 Å². The first-order valence-corrected chi connectivity index (χ1v) is 7.14. The van der Waals surface area contributed by atoms with Gasteiger partial charge in [0.1, 0.15) is 5.75 Å². The smallest absolute Gasteiger partial charge is 0.255 e. The van der Waals surface area contributed by atoms with Gasteiger partial charge in [0.05, 0.1) is 23.2 Å². The molecule has 0 unspecified atom stereocenters. The second-order valence-electron chi connectivity index (χ2n) is 4.45. The molecule has 0 aliphatic rings. The fourth-order valence-electron chi connectivity index (χ4n) is 1.98. The molecule has 1 aromatic carbocycles. The van der Waals surface area contributed by atoms with Crippen molar-refractivity contribution in [2.24, 2.45) is 5.73 Å². The normalized spacial score (nSPS) is 11.0. The van der Waals surface area contributed by atoms with Crippen molar-refractivity contribution in [2.45, 2.75) is 32.2 Å². The first kappa shape index (κ1) is 16.7. The minimum Gasteiger partial charge on any atom is -0.496 e. The Morgan fingerprint density at radius 1 is 1.45 bits per heavy atom. The van der Waals surface area contributed by atoms with E-state index < -0.39 is 5.54 Å². The summed E-state index contributed by atoms with van der Waals surface area (Å²) in [5.41, 5.74) is 5.45. The summed E-state index contributed by atoms with van der Waals surface area (Å²) < 4.78 is 5.18. The maximum Gasteiger partial charge on any atom is 0.255 e. The summed E-state index contributed by atoms with van der Waals surface area (Å²) >= 11 is 11.0. The molecule has 0 atom stereocenters. The number of methoxy groups -OCH3 is 1. The second kappa shape index (κ2) is 6.90. The molecular formula is C14H19ClN2O2S. The standard InChI is InChI=1S/C14H19ClN2O2S/c1-4-14(5-2,13(16)20)17-12(18)10-8-9(15)6-7-11(10)19-3/h6-8H,4-5H2,1-3H3,(H2,16,20)(H,17,18). The fourth-order valence-corrected chi connectivity index (χ4v) is 2.49. The Morgan fingerprint density at radius 3 is 2.50 bits per heavy atom. The van der Waals surface area contributed by atoms with Crippen LogP contribution in [0.2, 0.25) is 5.02 Å². The topological polar surface area (TPSA) is 64.3 Å². The van der Waals surface area contributed by atoms with Crippen molar-refractivity contribution >= 4 is 34.7 Å². The zero-order valence-corrected chi connectivity index (χ0v) is 13.4. The van der Waals surface area contributed by atoms with Gasteiger partial charge in [-0.3, -0.25) is 4.79 Å². The van der Waals surface area contributed by atoms with Crippen LogP contribution in [0.4, 0.5) is 0 Å². The number of carbonyl (C=O) groups excluding carboxylic acids is 1. The van der Waals surface area contributed by atoms with Crippen molar-refractivity contribution in [2.75, 3.05) is 7.11 Å². The van der Waals surface area contributed by atoms with Crippen molar-refractivity contribution in [3.63, 3.8) is 0 Å². The minimum absolute atomic E-state index is 0.275. The number of carbonyl (C=O) groups is 1. The predicted octanol–water partition coefficient (Wildman–Crippen LogP) is 2.92. The lowest BCUT2D eigenvalue weighted by Crippen LogP contribution is -2.56. The van der Waals surface area contributed by atoms with Crippen LogP contribution in [0.15, 0.2) is 18.2 Å². The summed E-state index contributed by atoms with van der Waals surface area (Å²) in [4.78, 5) is 12.7. The van der Waals surface area contributed by atoms with E-state index in [0.29, 0.717) is 29.2 Å². The van der Waals surface area contributed by atoms with E-state index in [1.807, 2.05) is 13.8 Å². The van der Waals surface area contributed by atoms with Crippen LogP contribution in [0.1, 0.15) is 37.0 Å². The Kier molecular flexibility index (Phi) is 5.77. The maximum absolute atomic E-state index is 12.4. The molecule has 0 aromatic heterocycles. The van der Waals surface area contributed by atoms with Crippen LogP contribution >= 0.6 is 23.8 Å². The third kappa shape index (κ3) is 3.41. The predicted molar refractivity (Wildman–Crippen MR) is 85.6 cm³/mol. The first-order chi connectivity index (χ1) is 9.40. The van der Waals surface area contributed by atoms with Gasteiger partial charge in [0.25, 0.3) is 5.91 Å². The molecule has 20 heavy (non-hydrogen) atoms. The average Bonchev–Trinajstić information content (AvgIpc) is 2.44. The number of rotatable bonds is 6. The van der Waals surface area contributed by atoms with Crippen molar-refractivity contribution < 1.29 is 9.53 Å². The molecular weight excluding hydrogens is 296 g/mol. The summed E-state index contributed by atoms with van der Waals surface area (Å²) in [6.45, 7) is 3.86. The van der Waals surface area contributed by atoms with Gasteiger partial charge in [-0.15, -0.1) is 0 Å². The van der Waals surface area contributed by atoms with Crippen molar-refractivity contribution in [3.8, 4) is 5.75 Å². The highest BCUT2D eigenvalue weighted by molar-refractivity contribution is 7.80. The highest BCUT2D eigenvalue weighted by Crippen LogP contribution is 2.24. The van der Waals surface area contributed by atoms with Crippen LogP contribution in [-0.2, 0) is 0 Å². The number of halogens is 1. The van der Waals surface area contributed by atoms with Gasteiger partial charge in [-0.2, -0.15) is 0 Å². The molecule has 0 saturated heterocycles. The molecule has 4 nitrogen and oxygen atoms in total. The molecule has 3 N–H and O–H groups in total. The summed E-state index contributed by atoms with van der Waals surface area (Å²) in [6.07, 6.45) is 1.24. The molecule has 1 rings (SSSR count). The molecule has 0 saturated carbocycles. The number of nitrogens with one attached hydrogen (secondary N) is 1. The number of thiocarbonyl (C=S) groups is 1. The van der Waals surface area contributed by atoms with E-state index in [4.69, 9.17) is 34.3 Å². The van der Waals surface area contributed by atoms with Gasteiger partial charge in [0.2, 0.25) is 0 Å². The zero-order chi connectivity index (χ0) is 15.3. The molecule has 0 fully saturated rings. The van der Waals surface area contributed by atoms with Crippen LogP contribution < -0.4 is 15.8 Å². The number of hydrogen-bond donors (Lipinski definition) is 2. The lowest BCUT2D eigenvalue weighted by atomic mass is 9.92. The van der Waals surface area contributed by atoms with Gasteiger partial charge in [0, 0.05) is 5.02 Å². The third-order valence-electron chi connectivity index (χ3n) is 3.44. The first-order valence-electron chi connectivity index (χ1n) is 6.36. The van der Waals surface area contributed by atoms with E-state index in [1.165, 1.54) is 7.11 Å². The van der Waals surface area contributed by atoms with Gasteiger partial charge in [0.15, 0.2) is 0 Å². The fraction of sp³-hybridized carbons (Fsp3) is 0.429. The number of benzene rings is 1. The SMILES string of the molecule is CCC(CC)(NC(=O)c1cc(Cl)ccc1OC)C(N)=S. The van der Waals surface area contributed by atoms with Gasteiger partial charge < -0.3 is 15.8 Å². The molecule has 0 heterocycles. The van der Waals surface area contributed by atoms with Crippen molar-refractivity contribution in [1.29, 1.82) is 0 Å². The minimum atomic E-state index is -0.695. The van der Waals surface area contributed by atoms with Gasteiger partial charge >= 0.3 is 0 Å². The molecule has 0 aliphatic heterocycles. The van der Waals surface area contributed by atoms with E-state index in [9.17, 15) is 4.79 Å². The quantitative estimate of drug-likeness (QED) is 0.792. The van der Waals surface area contributed by atoms with Crippen molar-refractivity contribution in [3.05, 3.63) is 28.8 Å². The molecule has 1 aromatic rings. The lowest BCUT2D eigenvalue weighted by molar-refractivity contribution is 0.0917. The van der Waals surface area contributed by atoms with Gasteiger partial charge in [-0.25, -0.2) is 0 Å². The molecule has 0 bridgehead atoms. The molecule has 0 radical (unpaired) electrons. The Morgan fingerprint density at radius 2 is 2.05 bits per heavy atom. The number of nitrogens with two attached hydrogens (primary N) is 1. The van der Waals surface area contributed by atoms with E-state index in [0.717, 1.165) is 0 Å². The van der Waals surface area contributed by atoms with Crippen LogP contribution in [0.25, 0.3) is 0 Å². The van der Waals surface area contributed by atoms with E-state index in [-0.39, 0.29) is 10.9 Å². The molecule has 0 aliphatic carbocycles. The van der Waals surface area contributed by atoms with Gasteiger partial charge in [-0.05, 0) is 31.0 Å². The summed E-state index contributed by atoms with van der Waals surface area (Å²) in [7, 11) is 1.50. The zero-order valence-electron chi connectivity index (χ0n) is 11.8. The van der Waals surface area contributed by atoms with Crippen LogP contribution in [-0.4, -0.2) is 23.5 Å². The average molecular weight is 315 g/mol. The van der Waals surface area contributed by atoms with E-state index >= 15 is 0 Å². The molecule has 6 heteroatoms. The number of ether oxygens (including phenoxy) is 1.